The number of aromatic nitrogens is 3. The standard InChI is InChI=1S/C9H9ClN3/c1-12-6-11-13(7-12)9-4-2-8(10)3-5-9/h2-7H,1H3/q+1. The van der Waals surface area contributed by atoms with Crippen LogP contribution in [0.4, 0.5) is 0 Å². The summed E-state index contributed by atoms with van der Waals surface area (Å²) < 4.78 is 3.67. The SMILES string of the molecule is C[n+]1cnn(-c2ccc(Cl)cc2)c1. The molecule has 1 aromatic carbocycles. The van der Waals surface area contributed by atoms with Gasteiger partial charge in [-0.05, 0) is 24.3 Å². The molecule has 66 valence electrons. The van der Waals surface area contributed by atoms with Crippen molar-refractivity contribution >= 4 is 11.6 Å². The Hall–Kier alpha value is -1.35. The van der Waals surface area contributed by atoms with Crippen molar-refractivity contribution in [2.75, 3.05) is 0 Å². The van der Waals surface area contributed by atoms with Crippen LogP contribution in [0, 0.1) is 0 Å². The molecule has 0 fully saturated rings. The van der Waals surface area contributed by atoms with Crippen molar-refractivity contribution in [2.45, 2.75) is 0 Å². The fourth-order valence-corrected chi connectivity index (χ4v) is 1.22. The van der Waals surface area contributed by atoms with E-state index in [0.29, 0.717) is 0 Å². The van der Waals surface area contributed by atoms with Crippen LogP contribution >= 0.6 is 11.6 Å². The molecule has 0 radical (unpaired) electrons. The molecule has 1 heterocycles. The Morgan fingerprint density at radius 3 is 2.54 bits per heavy atom. The number of hydrogen-bond acceptors (Lipinski definition) is 1. The van der Waals surface area contributed by atoms with Crippen LogP contribution in [0.1, 0.15) is 0 Å². The number of hydrogen-bond donors (Lipinski definition) is 0. The molecule has 0 spiro atoms. The maximum absolute atomic E-state index is 5.77. The number of rotatable bonds is 1. The van der Waals surface area contributed by atoms with Gasteiger partial charge < -0.3 is 0 Å². The molecule has 1 aromatic heterocycles. The van der Waals surface area contributed by atoms with Crippen LogP contribution in [0.25, 0.3) is 5.69 Å². The molecule has 0 aliphatic heterocycles. The van der Waals surface area contributed by atoms with Gasteiger partial charge in [0.1, 0.15) is 5.69 Å². The van der Waals surface area contributed by atoms with Gasteiger partial charge in [-0.1, -0.05) is 16.3 Å². The Morgan fingerprint density at radius 1 is 1.31 bits per heavy atom. The van der Waals surface area contributed by atoms with Crippen molar-refractivity contribution < 1.29 is 4.57 Å². The first-order valence-electron chi connectivity index (χ1n) is 3.91. The molecule has 0 unspecified atom stereocenters. The lowest BCUT2D eigenvalue weighted by atomic mass is 10.3. The van der Waals surface area contributed by atoms with E-state index in [4.69, 9.17) is 11.6 Å². The highest BCUT2D eigenvalue weighted by molar-refractivity contribution is 6.30. The molecule has 0 aliphatic carbocycles. The average molecular weight is 195 g/mol. The molecule has 0 amide bonds. The lowest BCUT2D eigenvalue weighted by Crippen LogP contribution is -2.23. The first kappa shape index (κ1) is 8.26. The van der Waals surface area contributed by atoms with Gasteiger partial charge in [0.2, 0.25) is 6.33 Å². The molecule has 0 saturated heterocycles. The van der Waals surface area contributed by atoms with Gasteiger partial charge in [-0.2, -0.15) is 0 Å². The average Bonchev–Trinajstić information content (AvgIpc) is 2.53. The lowest BCUT2D eigenvalue weighted by molar-refractivity contribution is -0.672. The Kier molecular flexibility index (Phi) is 2.02. The minimum atomic E-state index is 0.736. The monoisotopic (exact) mass is 194 g/mol. The number of nitrogens with zero attached hydrogens (tertiary/aromatic N) is 3. The highest BCUT2D eigenvalue weighted by Gasteiger charge is 2.04. The summed E-state index contributed by atoms with van der Waals surface area (Å²) in [6, 6.07) is 7.54. The van der Waals surface area contributed by atoms with E-state index in [-0.39, 0.29) is 0 Å². The van der Waals surface area contributed by atoms with Crippen LogP contribution in [0.5, 0.6) is 0 Å². The van der Waals surface area contributed by atoms with Gasteiger partial charge in [0, 0.05) is 10.1 Å². The smallest absolute Gasteiger partial charge is 0.240 e. The molecule has 2 rings (SSSR count). The summed E-state index contributed by atoms with van der Waals surface area (Å²) in [5.74, 6) is 0. The summed E-state index contributed by atoms with van der Waals surface area (Å²) in [5, 5.41) is 4.89. The maximum Gasteiger partial charge on any atom is 0.265 e. The highest BCUT2D eigenvalue weighted by atomic mass is 35.5. The van der Waals surface area contributed by atoms with Crippen LogP contribution in [-0.4, -0.2) is 9.78 Å². The van der Waals surface area contributed by atoms with Crippen LogP contribution in [0.15, 0.2) is 36.9 Å². The fraction of sp³-hybridized carbons (Fsp3) is 0.111. The molecule has 0 atom stereocenters. The quantitative estimate of drug-likeness (QED) is 0.629. The minimum Gasteiger partial charge on any atom is -0.240 e. The summed E-state index contributed by atoms with van der Waals surface area (Å²) in [7, 11) is 1.93. The van der Waals surface area contributed by atoms with Gasteiger partial charge in [0.15, 0.2) is 0 Å². The zero-order valence-electron chi connectivity index (χ0n) is 7.18. The zero-order chi connectivity index (χ0) is 9.26. The van der Waals surface area contributed by atoms with Crippen molar-refractivity contribution in [3.63, 3.8) is 0 Å². The van der Waals surface area contributed by atoms with E-state index in [2.05, 4.69) is 5.10 Å². The van der Waals surface area contributed by atoms with E-state index < -0.39 is 0 Å². The summed E-state index contributed by atoms with van der Waals surface area (Å²) in [6.45, 7) is 0. The number of aryl methyl sites for hydroxylation is 1. The largest absolute Gasteiger partial charge is 0.265 e. The summed E-state index contributed by atoms with van der Waals surface area (Å²) in [6.07, 6.45) is 3.64. The zero-order valence-corrected chi connectivity index (χ0v) is 7.94. The van der Waals surface area contributed by atoms with Crippen molar-refractivity contribution in [3.8, 4) is 5.69 Å². The van der Waals surface area contributed by atoms with E-state index >= 15 is 0 Å². The molecular formula is C9H9ClN3+. The first-order valence-corrected chi connectivity index (χ1v) is 4.29. The summed E-state index contributed by atoms with van der Waals surface area (Å²) in [4.78, 5) is 0. The molecule has 0 aliphatic rings. The lowest BCUT2D eigenvalue weighted by Gasteiger charge is -1.92. The van der Waals surface area contributed by atoms with Crippen molar-refractivity contribution in [1.29, 1.82) is 0 Å². The molecule has 13 heavy (non-hydrogen) atoms. The second kappa shape index (κ2) is 3.18. The molecule has 0 N–H and O–H groups in total. The van der Waals surface area contributed by atoms with Gasteiger partial charge >= 0.3 is 0 Å². The topological polar surface area (TPSA) is 21.7 Å². The fourth-order valence-electron chi connectivity index (χ4n) is 1.10. The van der Waals surface area contributed by atoms with E-state index in [1.165, 1.54) is 0 Å². The van der Waals surface area contributed by atoms with Crippen LogP contribution in [-0.2, 0) is 7.05 Å². The van der Waals surface area contributed by atoms with E-state index in [9.17, 15) is 0 Å². The molecule has 2 aromatic rings. The molecule has 0 bridgehead atoms. The predicted molar refractivity (Wildman–Crippen MR) is 49.8 cm³/mol. The number of halogens is 1. The highest BCUT2D eigenvalue weighted by Crippen LogP contribution is 2.11. The Bertz CT molecular complexity index is 405. The van der Waals surface area contributed by atoms with E-state index in [1.807, 2.05) is 42.2 Å². The Balaban J connectivity index is 2.41. The molecular weight excluding hydrogens is 186 g/mol. The minimum absolute atomic E-state index is 0.736. The second-order valence-corrected chi connectivity index (χ2v) is 3.27. The second-order valence-electron chi connectivity index (χ2n) is 2.83. The first-order chi connectivity index (χ1) is 6.25. The van der Waals surface area contributed by atoms with Gasteiger partial charge in [0.25, 0.3) is 6.33 Å². The van der Waals surface area contributed by atoms with Crippen LogP contribution in [0.3, 0.4) is 0 Å². The third-order valence-corrected chi connectivity index (χ3v) is 1.99. The van der Waals surface area contributed by atoms with Crippen molar-refractivity contribution in [1.82, 2.24) is 9.78 Å². The van der Waals surface area contributed by atoms with Crippen molar-refractivity contribution in [2.24, 2.45) is 7.05 Å². The van der Waals surface area contributed by atoms with Crippen LogP contribution in [0.2, 0.25) is 5.02 Å². The van der Waals surface area contributed by atoms with E-state index in [0.717, 1.165) is 10.7 Å². The summed E-state index contributed by atoms with van der Waals surface area (Å²) in [5.41, 5.74) is 1.00. The Morgan fingerprint density at radius 2 is 2.00 bits per heavy atom. The molecule has 4 heteroatoms. The van der Waals surface area contributed by atoms with Gasteiger partial charge in [-0.25, -0.2) is 4.57 Å². The van der Waals surface area contributed by atoms with Crippen LogP contribution < -0.4 is 4.57 Å². The van der Waals surface area contributed by atoms with Gasteiger partial charge in [0.05, 0.1) is 7.05 Å². The maximum atomic E-state index is 5.77. The van der Waals surface area contributed by atoms with Gasteiger partial charge in [-0.3, -0.25) is 0 Å². The Labute approximate surface area is 81.2 Å². The van der Waals surface area contributed by atoms with Crippen molar-refractivity contribution in [3.05, 3.63) is 41.9 Å². The predicted octanol–water partition coefficient (Wildman–Crippen LogP) is 1.35. The molecule has 0 saturated carbocycles. The van der Waals surface area contributed by atoms with Gasteiger partial charge in [-0.15, -0.1) is 0 Å². The third kappa shape index (κ3) is 1.70. The van der Waals surface area contributed by atoms with E-state index in [1.54, 1.807) is 11.0 Å². The number of benzene rings is 1. The summed E-state index contributed by atoms with van der Waals surface area (Å²) >= 11 is 5.77. The molecule has 3 nitrogen and oxygen atoms in total. The third-order valence-electron chi connectivity index (χ3n) is 1.74. The normalized spacial score (nSPS) is 10.3.